The zero-order valence-corrected chi connectivity index (χ0v) is 15.5. The summed E-state index contributed by atoms with van der Waals surface area (Å²) >= 11 is 0. The number of hydrogen-bond acceptors (Lipinski definition) is 4. The average molecular weight is 356 g/mol. The molecular weight excluding hydrogens is 325 g/mol. The highest BCUT2D eigenvalue weighted by Gasteiger charge is 2.40. The van der Waals surface area contributed by atoms with Crippen molar-refractivity contribution in [1.82, 2.24) is 15.5 Å². The van der Waals surface area contributed by atoms with Crippen LogP contribution >= 0.6 is 24.8 Å². The Labute approximate surface area is 146 Å². The Bertz CT molecular complexity index is 337. The van der Waals surface area contributed by atoms with Gasteiger partial charge in [-0.05, 0) is 65.7 Å². The number of nitrogens with one attached hydrogen (secondary N) is 2. The maximum absolute atomic E-state index is 12.6. The summed E-state index contributed by atoms with van der Waals surface area (Å²) in [6.45, 7) is 1.71. The van der Waals surface area contributed by atoms with Gasteiger partial charge in [-0.3, -0.25) is 4.79 Å². The molecule has 1 saturated carbocycles. The van der Waals surface area contributed by atoms with Gasteiger partial charge in [0.25, 0.3) is 5.91 Å². The van der Waals surface area contributed by atoms with Crippen molar-refractivity contribution in [3.63, 3.8) is 0 Å². The number of nitrogens with zero attached hydrogens (tertiary/aromatic N) is 1. The first kappa shape index (κ1) is 21.9. The van der Waals surface area contributed by atoms with Gasteiger partial charge in [0.05, 0.1) is 0 Å². The maximum atomic E-state index is 12.6. The van der Waals surface area contributed by atoms with Crippen LogP contribution in [-0.2, 0) is 9.53 Å². The van der Waals surface area contributed by atoms with Gasteiger partial charge in [0.2, 0.25) is 0 Å². The fourth-order valence-corrected chi connectivity index (χ4v) is 3.44. The molecule has 1 saturated heterocycles. The molecule has 0 aromatic carbocycles. The zero-order valence-electron chi connectivity index (χ0n) is 13.9. The Morgan fingerprint density at radius 2 is 1.86 bits per heavy atom. The van der Waals surface area contributed by atoms with Crippen molar-refractivity contribution < 1.29 is 9.53 Å². The Morgan fingerprint density at radius 3 is 2.41 bits per heavy atom. The van der Waals surface area contributed by atoms with Crippen LogP contribution in [0, 0.1) is 0 Å². The lowest BCUT2D eigenvalue weighted by Crippen LogP contribution is -2.57. The molecule has 2 unspecified atom stereocenters. The van der Waals surface area contributed by atoms with Crippen molar-refractivity contribution in [1.29, 1.82) is 0 Å². The lowest BCUT2D eigenvalue weighted by Gasteiger charge is -2.38. The minimum absolute atomic E-state index is 0. The topological polar surface area (TPSA) is 53.6 Å². The molecule has 2 atom stereocenters. The normalized spacial score (nSPS) is 27.5. The molecule has 7 heteroatoms. The number of carbonyl (C=O) groups excluding carboxylic acids is 1. The van der Waals surface area contributed by atoms with Crippen LogP contribution in [0.2, 0.25) is 0 Å². The lowest BCUT2D eigenvalue weighted by atomic mass is 9.87. The van der Waals surface area contributed by atoms with E-state index in [0.29, 0.717) is 12.1 Å². The fraction of sp³-hybridized carbons (Fsp3) is 0.933. The number of methoxy groups -OCH3 is 1. The molecule has 1 aliphatic heterocycles. The van der Waals surface area contributed by atoms with Gasteiger partial charge in [-0.15, -0.1) is 24.8 Å². The van der Waals surface area contributed by atoms with E-state index >= 15 is 0 Å². The van der Waals surface area contributed by atoms with Crippen LogP contribution in [0.1, 0.15) is 38.5 Å². The van der Waals surface area contributed by atoms with Crippen molar-refractivity contribution >= 4 is 30.7 Å². The second-order valence-electron chi connectivity index (χ2n) is 6.40. The smallest absolute Gasteiger partial charge is 0.252 e. The Morgan fingerprint density at radius 1 is 1.23 bits per heavy atom. The molecule has 22 heavy (non-hydrogen) atoms. The number of piperidine rings is 1. The van der Waals surface area contributed by atoms with E-state index < -0.39 is 5.60 Å². The number of carbonyl (C=O) groups is 1. The highest BCUT2D eigenvalue weighted by atomic mass is 35.5. The van der Waals surface area contributed by atoms with Gasteiger partial charge in [0.1, 0.15) is 5.60 Å². The molecule has 2 aliphatic rings. The van der Waals surface area contributed by atoms with E-state index in [9.17, 15) is 4.79 Å². The number of ether oxygens (including phenoxy) is 1. The van der Waals surface area contributed by atoms with Gasteiger partial charge in [0.15, 0.2) is 0 Å². The summed E-state index contributed by atoms with van der Waals surface area (Å²) in [6, 6.07) is 0.881. The summed E-state index contributed by atoms with van der Waals surface area (Å²) in [5.74, 6) is 0.0888. The zero-order chi connectivity index (χ0) is 14.6. The molecule has 0 aromatic heterocycles. The quantitative estimate of drug-likeness (QED) is 0.803. The molecule has 0 radical (unpaired) electrons. The molecule has 0 bridgehead atoms. The number of halogens is 2. The Balaban J connectivity index is 0.00000220. The molecule has 1 aliphatic carbocycles. The largest absolute Gasteiger partial charge is 0.368 e. The SMILES string of the molecule is COC1(C(=O)NC2CCCC(N(C)C)C2)CCNCC1.Cl.Cl. The molecule has 2 N–H and O–H groups in total. The first-order valence-electron chi connectivity index (χ1n) is 7.81. The van der Waals surface area contributed by atoms with Gasteiger partial charge in [-0.25, -0.2) is 0 Å². The van der Waals surface area contributed by atoms with Crippen LogP contribution in [0.4, 0.5) is 0 Å². The molecule has 132 valence electrons. The predicted octanol–water partition coefficient (Wildman–Crippen LogP) is 1.59. The average Bonchev–Trinajstić information content (AvgIpc) is 2.48. The highest BCUT2D eigenvalue weighted by molar-refractivity contribution is 5.86. The van der Waals surface area contributed by atoms with Crippen molar-refractivity contribution in [3.8, 4) is 0 Å². The van der Waals surface area contributed by atoms with E-state index in [4.69, 9.17) is 4.74 Å². The first-order valence-corrected chi connectivity index (χ1v) is 7.81. The predicted molar refractivity (Wildman–Crippen MR) is 94.2 cm³/mol. The van der Waals surface area contributed by atoms with E-state index in [1.807, 2.05) is 0 Å². The fourth-order valence-electron chi connectivity index (χ4n) is 3.44. The minimum Gasteiger partial charge on any atom is -0.368 e. The van der Waals surface area contributed by atoms with Gasteiger partial charge in [-0.2, -0.15) is 0 Å². The Hall–Kier alpha value is -0.0700. The standard InChI is InChI=1S/C15H29N3O2.2ClH/c1-18(2)13-6-4-5-12(11-13)17-14(19)15(20-3)7-9-16-10-8-15;;/h12-13,16H,4-11H2,1-3H3,(H,17,19);2*1H. The molecule has 2 fully saturated rings. The van der Waals surface area contributed by atoms with Crippen LogP contribution in [0.15, 0.2) is 0 Å². The third kappa shape index (κ3) is 5.24. The summed E-state index contributed by atoms with van der Waals surface area (Å²) in [6.07, 6.45) is 6.09. The van der Waals surface area contributed by atoms with Crippen LogP contribution in [0.5, 0.6) is 0 Å². The first-order chi connectivity index (χ1) is 9.57. The van der Waals surface area contributed by atoms with E-state index in [1.54, 1.807) is 7.11 Å². The molecule has 5 nitrogen and oxygen atoms in total. The van der Waals surface area contributed by atoms with E-state index in [1.165, 1.54) is 12.8 Å². The molecular formula is C15H31Cl2N3O2. The van der Waals surface area contributed by atoms with Crippen LogP contribution in [0.25, 0.3) is 0 Å². The molecule has 0 aromatic rings. The minimum atomic E-state index is -0.615. The summed E-state index contributed by atoms with van der Waals surface area (Å²) < 4.78 is 5.59. The summed E-state index contributed by atoms with van der Waals surface area (Å²) in [4.78, 5) is 14.9. The van der Waals surface area contributed by atoms with Crippen LogP contribution in [0.3, 0.4) is 0 Å². The van der Waals surface area contributed by atoms with Crippen LogP contribution < -0.4 is 10.6 Å². The van der Waals surface area contributed by atoms with Gasteiger partial charge < -0.3 is 20.3 Å². The second kappa shape index (κ2) is 9.93. The lowest BCUT2D eigenvalue weighted by molar-refractivity contribution is -0.147. The summed E-state index contributed by atoms with van der Waals surface area (Å²) in [5.41, 5.74) is -0.615. The number of rotatable bonds is 4. The van der Waals surface area contributed by atoms with Crippen molar-refractivity contribution in [2.75, 3.05) is 34.3 Å². The van der Waals surface area contributed by atoms with Crippen molar-refractivity contribution in [3.05, 3.63) is 0 Å². The second-order valence-corrected chi connectivity index (χ2v) is 6.40. The van der Waals surface area contributed by atoms with Crippen LogP contribution in [-0.4, -0.2) is 62.8 Å². The van der Waals surface area contributed by atoms with Gasteiger partial charge in [-0.1, -0.05) is 0 Å². The van der Waals surface area contributed by atoms with Gasteiger partial charge in [0, 0.05) is 19.2 Å². The third-order valence-electron chi connectivity index (χ3n) is 4.93. The molecule has 1 amide bonds. The Kier molecular flexibility index (Phi) is 9.90. The van der Waals surface area contributed by atoms with Crippen molar-refractivity contribution in [2.24, 2.45) is 0 Å². The van der Waals surface area contributed by atoms with Gasteiger partial charge >= 0.3 is 0 Å². The summed E-state index contributed by atoms with van der Waals surface area (Å²) in [5, 5.41) is 6.53. The number of amides is 1. The van der Waals surface area contributed by atoms with E-state index in [2.05, 4.69) is 29.6 Å². The van der Waals surface area contributed by atoms with Crippen molar-refractivity contribution in [2.45, 2.75) is 56.2 Å². The monoisotopic (exact) mass is 355 g/mol. The number of hydrogen-bond donors (Lipinski definition) is 2. The molecule has 1 heterocycles. The maximum Gasteiger partial charge on any atom is 0.252 e. The highest BCUT2D eigenvalue weighted by Crippen LogP contribution is 2.26. The van der Waals surface area contributed by atoms with E-state index in [0.717, 1.165) is 38.8 Å². The molecule has 0 spiro atoms. The molecule has 2 rings (SSSR count). The third-order valence-corrected chi connectivity index (χ3v) is 4.93. The summed E-state index contributed by atoms with van der Waals surface area (Å²) in [7, 11) is 5.91. The van der Waals surface area contributed by atoms with E-state index in [-0.39, 0.29) is 30.7 Å².